The van der Waals surface area contributed by atoms with Gasteiger partial charge >= 0.3 is 0 Å². The molecule has 1 N–H and O–H groups in total. The fourth-order valence-corrected chi connectivity index (χ4v) is 1.38. The number of terminal acetylenes is 1. The summed E-state index contributed by atoms with van der Waals surface area (Å²) in [6, 6.07) is 4.26. The van der Waals surface area contributed by atoms with Crippen LogP contribution in [0, 0.1) is 18.2 Å². The summed E-state index contributed by atoms with van der Waals surface area (Å²) in [5.41, 5.74) is 0.307. The summed E-state index contributed by atoms with van der Waals surface area (Å²) in [6.45, 7) is 0.501. The number of amides is 1. The lowest BCUT2D eigenvalue weighted by molar-refractivity contribution is 0.0953. The molecule has 1 aromatic carbocycles. The highest BCUT2D eigenvalue weighted by Gasteiger charge is 2.07. The summed E-state index contributed by atoms with van der Waals surface area (Å²) < 4.78 is 13.5. The topological polar surface area (TPSA) is 29.1 Å². The van der Waals surface area contributed by atoms with Crippen LogP contribution in [0.2, 0.25) is 0 Å². The van der Waals surface area contributed by atoms with Gasteiger partial charge < -0.3 is 5.32 Å². The molecule has 0 aliphatic rings. The largest absolute Gasteiger partial charge is 0.352 e. The lowest BCUT2D eigenvalue weighted by Gasteiger charge is -2.04. The SMILES string of the molecule is C#CCCCNC(=O)c1ccc(Br)c(F)c1. The summed E-state index contributed by atoms with van der Waals surface area (Å²) in [5.74, 6) is 1.74. The minimum atomic E-state index is -0.448. The second kappa shape index (κ2) is 6.29. The van der Waals surface area contributed by atoms with Gasteiger partial charge in [-0.3, -0.25) is 4.79 Å². The van der Waals surface area contributed by atoms with Gasteiger partial charge in [-0.15, -0.1) is 12.3 Å². The number of nitrogens with one attached hydrogen (secondary N) is 1. The van der Waals surface area contributed by atoms with Crippen LogP contribution in [0.3, 0.4) is 0 Å². The van der Waals surface area contributed by atoms with Crippen LogP contribution in [0.1, 0.15) is 23.2 Å². The van der Waals surface area contributed by atoms with Crippen molar-refractivity contribution in [3.05, 3.63) is 34.1 Å². The van der Waals surface area contributed by atoms with Crippen molar-refractivity contribution in [1.29, 1.82) is 0 Å². The average molecular weight is 284 g/mol. The van der Waals surface area contributed by atoms with E-state index in [1.165, 1.54) is 12.1 Å². The molecule has 0 aliphatic carbocycles. The Labute approximate surface area is 102 Å². The van der Waals surface area contributed by atoms with Crippen LogP contribution in [0.15, 0.2) is 22.7 Å². The molecule has 16 heavy (non-hydrogen) atoms. The number of hydrogen-bond acceptors (Lipinski definition) is 1. The highest BCUT2D eigenvalue weighted by atomic mass is 79.9. The molecule has 1 rings (SSSR count). The maximum atomic E-state index is 13.1. The lowest BCUT2D eigenvalue weighted by atomic mass is 10.2. The maximum Gasteiger partial charge on any atom is 0.251 e. The van der Waals surface area contributed by atoms with E-state index in [4.69, 9.17) is 6.42 Å². The third kappa shape index (κ3) is 3.67. The van der Waals surface area contributed by atoms with Crippen LogP contribution in [0.4, 0.5) is 4.39 Å². The molecule has 0 saturated carbocycles. The highest BCUT2D eigenvalue weighted by molar-refractivity contribution is 9.10. The molecule has 0 atom stereocenters. The van der Waals surface area contributed by atoms with Crippen LogP contribution in [-0.2, 0) is 0 Å². The molecule has 2 nitrogen and oxygen atoms in total. The highest BCUT2D eigenvalue weighted by Crippen LogP contribution is 2.16. The van der Waals surface area contributed by atoms with Crippen molar-refractivity contribution in [2.45, 2.75) is 12.8 Å². The number of hydrogen-bond donors (Lipinski definition) is 1. The predicted octanol–water partition coefficient (Wildman–Crippen LogP) is 2.73. The standard InChI is InChI=1S/C12H11BrFNO/c1-2-3-4-7-15-12(16)9-5-6-10(13)11(14)8-9/h1,5-6,8H,3-4,7H2,(H,15,16). The maximum absolute atomic E-state index is 13.1. The molecule has 0 spiro atoms. The predicted molar refractivity (Wildman–Crippen MR) is 64.5 cm³/mol. The van der Waals surface area contributed by atoms with Gasteiger partial charge in [0.05, 0.1) is 4.47 Å². The molecule has 0 aromatic heterocycles. The van der Waals surface area contributed by atoms with Crippen LogP contribution in [0.25, 0.3) is 0 Å². The van der Waals surface area contributed by atoms with E-state index in [2.05, 4.69) is 27.2 Å². The van der Waals surface area contributed by atoms with Gasteiger partial charge in [0.25, 0.3) is 5.91 Å². The Morgan fingerprint density at radius 2 is 2.31 bits per heavy atom. The summed E-state index contributed by atoms with van der Waals surface area (Å²) in [6.07, 6.45) is 6.42. The first-order chi connectivity index (χ1) is 7.65. The van der Waals surface area contributed by atoms with E-state index in [0.29, 0.717) is 23.0 Å². The second-order valence-corrected chi connectivity index (χ2v) is 4.05. The van der Waals surface area contributed by atoms with Crippen molar-refractivity contribution in [1.82, 2.24) is 5.32 Å². The van der Waals surface area contributed by atoms with E-state index in [9.17, 15) is 9.18 Å². The third-order valence-corrected chi connectivity index (χ3v) is 2.61. The lowest BCUT2D eigenvalue weighted by Crippen LogP contribution is -2.24. The van der Waals surface area contributed by atoms with Crippen LogP contribution >= 0.6 is 15.9 Å². The normalized spacial score (nSPS) is 9.56. The van der Waals surface area contributed by atoms with Gasteiger partial charge in [0.2, 0.25) is 0 Å². The van der Waals surface area contributed by atoms with Gasteiger partial charge in [0, 0.05) is 18.5 Å². The first kappa shape index (κ1) is 12.7. The second-order valence-electron chi connectivity index (χ2n) is 3.19. The molecule has 0 saturated heterocycles. The van der Waals surface area contributed by atoms with E-state index >= 15 is 0 Å². The summed E-state index contributed by atoms with van der Waals surface area (Å²) >= 11 is 3.02. The van der Waals surface area contributed by atoms with Gasteiger partial charge in [-0.2, -0.15) is 0 Å². The summed E-state index contributed by atoms with van der Waals surface area (Å²) in [7, 11) is 0. The van der Waals surface area contributed by atoms with Gasteiger partial charge in [-0.1, -0.05) is 0 Å². The van der Waals surface area contributed by atoms with Crippen molar-refractivity contribution in [3.63, 3.8) is 0 Å². The molecule has 1 amide bonds. The minimum Gasteiger partial charge on any atom is -0.352 e. The van der Waals surface area contributed by atoms with E-state index in [1.807, 2.05) is 0 Å². The van der Waals surface area contributed by atoms with Crippen LogP contribution in [0.5, 0.6) is 0 Å². The number of carbonyl (C=O) groups is 1. The van der Waals surface area contributed by atoms with Gasteiger partial charge in [-0.25, -0.2) is 4.39 Å². The van der Waals surface area contributed by atoms with Crippen molar-refractivity contribution in [2.24, 2.45) is 0 Å². The van der Waals surface area contributed by atoms with Crippen molar-refractivity contribution < 1.29 is 9.18 Å². The van der Waals surface area contributed by atoms with E-state index in [1.54, 1.807) is 6.07 Å². The molecular weight excluding hydrogens is 273 g/mol. The Morgan fingerprint density at radius 1 is 1.56 bits per heavy atom. The van der Waals surface area contributed by atoms with Gasteiger partial charge in [-0.05, 0) is 40.5 Å². The number of halogens is 2. The smallest absolute Gasteiger partial charge is 0.251 e. The Balaban J connectivity index is 2.53. The number of unbranched alkanes of at least 4 members (excludes halogenated alkanes) is 1. The van der Waals surface area contributed by atoms with Gasteiger partial charge in [0.1, 0.15) is 5.82 Å². The van der Waals surface area contributed by atoms with Crippen LogP contribution < -0.4 is 5.32 Å². The van der Waals surface area contributed by atoms with Crippen molar-refractivity contribution in [3.8, 4) is 12.3 Å². The van der Waals surface area contributed by atoms with Crippen molar-refractivity contribution in [2.75, 3.05) is 6.54 Å². The van der Waals surface area contributed by atoms with Gasteiger partial charge in [0.15, 0.2) is 0 Å². The molecule has 0 heterocycles. The average Bonchev–Trinajstić information content (AvgIpc) is 2.28. The van der Waals surface area contributed by atoms with E-state index < -0.39 is 5.82 Å². The van der Waals surface area contributed by atoms with E-state index in [0.717, 1.165) is 6.42 Å². The fourth-order valence-electron chi connectivity index (χ4n) is 1.13. The quantitative estimate of drug-likeness (QED) is 0.668. The first-order valence-electron chi connectivity index (χ1n) is 4.82. The van der Waals surface area contributed by atoms with E-state index in [-0.39, 0.29) is 5.91 Å². The summed E-state index contributed by atoms with van der Waals surface area (Å²) in [4.78, 5) is 11.5. The molecule has 0 fully saturated rings. The molecule has 0 radical (unpaired) electrons. The Hall–Kier alpha value is -1.34. The third-order valence-electron chi connectivity index (χ3n) is 1.97. The van der Waals surface area contributed by atoms with Crippen molar-refractivity contribution >= 4 is 21.8 Å². The van der Waals surface area contributed by atoms with Crippen LogP contribution in [-0.4, -0.2) is 12.5 Å². The number of carbonyl (C=O) groups excluding carboxylic acids is 1. The minimum absolute atomic E-state index is 0.288. The molecular formula is C12H11BrFNO. The Bertz CT molecular complexity index is 426. The Morgan fingerprint density at radius 3 is 2.94 bits per heavy atom. The molecule has 4 heteroatoms. The zero-order chi connectivity index (χ0) is 12.0. The molecule has 0 bridgehead atoms. The monoisotopic (exact) mass is 283 g/mol. The first-order valence-corrected chi connectivity index (χ1v) is 5.61. The Kier molecular flexibility index (Phi) is 5.00. The molecule has 1 aromatic rings. The zero-order valence-corrected chi connectivity index (χ0v) is 10.2. The molecule has 0 aliphatic heterocycles. The number of rotatable bonds is 4. The summed E-state index contributed by atoms with van der Waals surface area (Å²) in [5, 5.41) is 2.66. The zero-order valence-electron chi connectivity index (χ0n) is 8.59. The number of benzene rings is 1. The molecule has 0 unspecified atom stereocenters. The molecule has 84 valence electrons. The fraction of sp³-hybridized carbons (Fsp3) is 0.250.